The van der Waals surface area contributed by atoms with E-state index in [1.54, 1.807) is 6.92 Å². The number of hydrogen-bond acceptors (Lipinski definition) is 8. The van der Waals surface area contributed by atoms with E-state index in [1.807, 2.05) is 0 Å². The summed E-state index contributed by atoms with van der Waals surface area (Å²) >= 11 is 6.64. The van der Waals surface area contributed by atoms with Gasteiger partial charge in [0, 0.05) is 35.1 Å². The summed E-state index contributed by atoms with van der Waals surface area (Å²) in [6, 6.07) is 0.875. The van der Waals surface area contributed by atoms with Gasteiger partial charge in [0.2, 0.25) is 0 Å². The maximum Gasteiger partial charge on any atom is 0.338 e. The summed E-state index contributed by atoms with van der Waals surface area (Å²) in [6.45, 7) is 1.92. The van der Waals surface area contributed by atoms with E-state index in [0.717, 1.165) is 0 Å². The zero-order valence-corrected chi connectivity index (χ0v) is 17.1. The number of carbonyl (C=O) groups is 2. The molecule has 9 heteroatoms. The zero-order valence-electron chi connectivity index (χ0n) is 15.5. The lowest BCUT2D eigenvalue weighted by atomic mass is 10.0. The van der Waals surface area contributed by atoms with Gasteiger partial charge in [-0.1, -0.05) is 12.2 Å². The summed E-state index contributed by atoms with van der Waals surface area (Å²) in [7, 11) is 2.80. The minimum absolute atomic E-state index is 0.0510. The molecule has 0 saturated heterocycles. The first-order valence-electron chi connectivity index (χ1n) is 8.40. The Balaban J connectivity index is 2.37. The highest BCUT2D eigenvalue weighted by Gasteiger charge is 2.25. The number of hydrogen-bond donors (Lipinski definition) is 2. The van der Waals surface area contributed by atoms with Gasteiger partial charge in [0.15, 0.2) is 0 Å². The van der Waals surface area contributed by atoms with Gasteiger partial charge >= 0.3 is 11.9 Å². The summed E-state index contributed by atoms with van der Waals surface area (Å²) in [4.78, 5) is 25.1. The Hall–Kier alpha value is -2.00. The lowest BCUT2D eigenvalue weighted by Crippen LogP contribution is -2.42. The van der Waals surface area contributed by atoms with E-state index in [-0.39, 0.29) is 12.4 Å². The van der Waals surface area contributed by atoms with E-state index in [0.29, 0.717) is 51.8 Å². The van der Waals surface area contributed by atoms with Crippen molar-refractivity contribution in [2.45, 2.75) is 31.6 Å². The second-order valence-corrected chi connectivity index (χ2v) is 7.50. The average molecular weight is 414 g/mol. The number of rotatable bonds is 2. The monoisotopic (exact) mass is 413 g/mol. The molecule has 1 atom stereocenters. The summed E-state index contributed by atoms with van der Waals surface area (Å²) in [5.74, 6) is 0.106. The number of ether oxygens (including phenoxy) is 3. The number of thioether (sulfide) groups is 1. The molecule has 2 N–H and O–H groups in total. The molecule has 0 saturated carbocycles. The van der Waals surface area contributed by atoms with Crippen molar-refractivity contribution < 1.29 is 28.9 Å². The molecule has 148 valence electrons. The van der Waals surface area contributed by atoms with Crippen LogP contribution in [-0.4, -0.2) is 54.7 Å². The first-order chi connectivity index (χ1) is 12.9. The number of aromatic hydroxyl groups is 1. The molecule has 0 aliphatic carbocycles. The molecule has 1 heterocycles. The van der Waals surface area contributed by atoms with Crippen molar-refractivity contribution in [3.63, 3.8) is 0 Å². The van der Waals surface area contributed by atoms with Gasteiger partial charge in [-0.05, 0) is 13.3 Å². The summed E-state index contributed by atoms with van der Waals surface area (Å²) in [5.41, 5.74) is 1.35. The van der Waals surface area contributed by atoms with Gasteiger partial charge in [-0.15, -0.1) is 0 Å². The number of cyclic esters (lactones) is 1. The second kappa shape index (κ2) is 9.80. The topological polar surface area (TPSA) is 94.1 Å². The Morgan fingerprint density at radius 3 is 2.85 bits per heavy atom. The minimum Gasteiger partial charge on any atom is -0.507 e. The highest BCUT2D eigenvalue weighted by Crippen LogP contribution is 2.35. The molecule has 0 bridgehead atoms. The molecule has 0 aromatic heterocycles. The normalized spacial score (nSPS) is 18.7. The highest BCUT2D eigenvalue weighted by atomic mass is 32.2. The SMILES string of the molecule is COC(=O)[C@@H]1CSCc2c(O)cc(OC)c(C)c2C(=O)OCCCC(=S)N1. The van der Waals surface area contributed by atoms with Crippen LogP contribution in [0.2, 0.25) is 0 Å². The number of methoxy groups -OCH3 is 2. The molecule has 1 aromatic rings. The first-order valence-corrected chi connectivity index (χ1v) is 9.96. The number of esters is 2. The van der Waals surface area contributed by atoms with Crippen LogP contribution in [0.1, 0.15) is 34.3 Å². The van der Waals surface area contributed by atoms with Crippen LogP contribution in [-0.2, 0) is 20.0 Å². The Bertz CT molecular complexity index is 737. The molecule has 2 rings (SSSR count). The van der Waals surface area contributed by atoms with E-state index >= 15 is 0 Å². The molecule has 0 unspecified atom stereocenters. The van der Waals surface area contributed by atoms with Crippen molar-refractivity contribution in [3.05, 3.63) is 22.8 Å². The summed E-state index contributed by atoms with van der Waals surface area (Å²) in [6.07, 6.45) is 0.999. The van der Waals surface area contributed by atoms with Crippen LogP contribution in [0.4, 0.5) is 0 Å². The standard InChI is InChI=1S/C18H23NO6S2/c1-10-14(23-2)7-13(20)11-8-27-9-12(17(21)24-3)19-15(26)5-4-6-25-18(22)16(10)11/h7,12,20H,4-6,8-9H2,1-3H3,(H,19,26)/t12-/m0/s1. The van der Waals surface area contributed by atoms with E-state index in [1.165, 1.54) is 32.0 Å². The van der Waals surface area contributed by atoms with Gasteiger partial charge in [-0.3, -0.25) is 0 Å². The molecule has 0 radical (unpaired) electrons. The second-order valence-electron chi connectivity index (χ2n) is 5.97. The quantitative estimate of drug-likeness (QED) is 0.560. The maximum absolute atomic E-state index is 12.6. The highest BCUT2D eigenvalue weighted by molar-refractivity contribution is 7.98. The zero-order chi connectivity index (χ0) is 20.0. The number of benzene rings is 1. The molecular weight excluding hydrogens is 390 g/mol. The van der Waals surface area contributed by atoms with Gasteiger partial charge < -0.3 is 24.6 Å². The molecule has 0 spiro atoms. The van der Waals surface area contributed by atoms with E-state index in [9.17, 15) is 14.7 Å². The fourth-order valence-corrected chi connectivity index (χ4v) is 4.11. The predicted octanol–water partition coefficient (Wildman–Crippen LogP) is 2.35. The van der Waals surface area contributed by atoms with Crippen LogP contribution in [0, 0.1) is 6.92 Å². The van der Waals surface area contributed by atoms with Crippen molar-refractivity contribution in [1.82, 2.24) is 5.32 Å². The summed E-state index contributed by atoms with van der Waals surface area (Å²) in [5, 5.41) is 13.4. The molecule has 1 aliphatic heterocycles. The molecule has 27 heavy (non-hydrogen) atoms. The van der Waals surface area contributed by atoms with Crippen LogP contribution in [0.15, 0.2) is 6.07 Å². The molecule has 1 aliphatic rings. The Kier molecular flexibility index (Phi) is 7.73. The first kappa shape index (κ1) is 21.3. The predicted molar refractivity (Wildman–Crippen MR) is 107 cm³/mol. The third kappa shape index (κ3) is 5.26. The van der Waals surface area contributed by atoms with Crippen molar-refractivity contribution in [2.24, 2.45) is 0 Å². The smallest absolute Gasteiger partial charge is 0.338 e. The van der Waals surface area contributed by atoms with Gasteiger partial charge in [0.05, 0.1) is 31.4 Å². The van der Waals surface area contributed by atoms with Crippen molar-refractivity contribution in [3.8, 4) is 11.5 Å². The minimum atomic E-state index is -0.602. The van der Waals surface area contributed by atoms with Crippen LogP contribution in [0.5, 0.6) is 11.5 Å². The fraction of sp³-hybridized carbons (Fsp3) is 0.500. The number of phenols is 1. The molecule has 7 nitrogen and oxygen atoms in total. The van der Waals surface area contributed by atoms with Gasteiger partial charge in [-0.25, -0.2) is 9.59 Å². The third-order valence-electron chi connectivity index (χ3n) is 4.18. The Labute approximate surface area is 167 Å². The van der Waals surface area contributed by atoms with Gasteiger partial charge in [-0.2, -0.15) is 11.8 Å². The molecule has 0 amide bonds. The summed E-state index contributed by atoms with van der Waals surface area (Å²) < 4.78 is 15.4. The van der Waals surface area contributed by atoms with Crippen molar-refractivity contribution >= 4 is 40.9 Å². The third-order valence-corrected chi connectivity index (χ3v) is 5.56. The van der Waals surface area contributed by atoms with Crippen LogP contribution < -0.4 is 10.1 Å². The largest absolute Gasteiger partial charge is 0.507 e. The maximum atomic E-state index is 12.6. The van der Waals surface area contributed by atoms with Crippen molar-refractivity contribution in [1.29, 1.82) is 0 Å². The average Bonchev–Trinajstić information content (AvgIpc) is 2.66. The van der Waals surface area contributed by atoms with Crippen LogP contribution in [0.25, 0.3) is 0 Å². The van der Waals surface area contributed by atoms with Crippen LogP contribution >= 0.6 is 24.0 Å². The number of carbonyl (C=O) groups excluding carboxylic acids is 2. The fourth-order valence-electron chi connectivity index (χ4n) is 2.76. The molecule has 0 fully saturated rings. The number of fused-ring (bicyclic) bond motifs is 1. The van der Waals surface area contributed by atoms with E-state index in [4.69, 9.17) is 26.4 Å². The van der Waals surface area contributed by atoms with Crippen LogP contribution in [0.3, 0.4) is 0 Å². The Morgan fingerprint density at radius 1 is 1.44 bits per heavy atom. The number of thiocarbonyl (C=S) groups is 1. The molecular formula is C18H23NO6S2. The van der Waals surface area contributed by atoms with Crippen molar-refractivity contribution in [2.75, 3.05) is 26.6 Å². The van der Waals surface area contributed by atoms with E-state index < -0.39 is 18.0 Å². The number of nitrogens with one attached hydrogen (secondary N) is 1. The Morgan fingerprint density at radius 2 is 2.19 bits per heavy atom. The van der Waals surface area contributed by atoms with E-state index in [2.05, 4.69) is 5.32 Å². The van der Waals surface area contributed by atoms with Gasteiger partial charge in [0.1, 0.15) is 17.5 Å². The lowest BCUT2D eigenvalue weighted by Gasteiger charge is -2.18. The molecule has 1 aromatic carbocycles. The lowest BCUT2D eigenvalue weighted by molar-refractivity contribution is -0.142. The van der Waals surface area contributed by atoms with Gasteiger partial charge in [0.25, 0.3) is 0 Å². The number of phenolic OH excluding ortho intramolecular Hbond substituents is 1.